The summed E-state index contributed by atoms with van der Waals surface area (Å²) in [5.74, 6) is 0. The first-order valence-electron chi connectivity index (χ1n) is 4.96. The molecule has 14 heavy (non-hydrogen) atoms. The summed E-state index contributed by atoms with van der Waals surface area (Å²) in [5.41, 5.74) is 5.40. The molecule has 0 aromatic carbocycles. The van der Waals surface area contributed by atoms with Crippen LogP contribution >= 0.6 is 0 Å². The first kappa shape index (κ1) is 11.2. The Balaban J connectivity index is 2.14. The normalized spacial score (nSPS) is 19.5. The summed E-state index contributed by atoms with van der Waals surface area (Å²) >= 11 is 0. The standard InChI is InChI=1S/C8H17N3O3/c9-4-1-5-10-6-2-8(3-7-10)14-11(12)13/h8H,1-7,9H2. The number of rotatable bonds is 5. The highest BCUT2D eigenvalue weighted by Gasteiger charge is 2.21. The quantitative estimate of drug-likeness (QED) is 0.502. The van der Waals surface area contributed by atoms with Gasteiger partial charge in [0.25, 0.3) is 5.09 Å². The van der Waals surface area contributed by atoms with Crippen molar-refractivity contribution in [3.63, 3.8) is 0 Å². The van der Waals surface area contributed by atoms with E-state index in [9.17, 15) is 10.1 Å². The molecule has 6 nitrogen and oxygen atoms in total. The van der Waals surface area contributed by atoms with Crippen molar-refractivity contribution in [1.29, 1.82) is 0 Å². The van der Waals surface area contributed by atoms with E-state index >= 15 is 0 Å². The Hall–Kier alpha value is -0.880. The van der Waals surface area contributed by atoms with Crippen LogP contribution in [0.2, 0.25) is 0 Å². The van der Waals surface area contributed by atoms with Crippen LogP contribution in [0.5, 0.6) is 0 Å². The van der Waals surface area contributed by atoms with E-state index in [2.05, 4.69) is 9.74 Å². The molecular formula is C8H17N3O3. The summed E-state index contributed by atoms with van der Waals surface area (Å²) in [4.78, 5) is 16.9. The smallest absolute Gasteiger partial charge is 0.294 e. The molecule has 0 atom stereocenters. The molecule has 2 N–H and O–H groups in total. The Morgan fingerprint density at radius 1 is 1.50 bits per heavy atom. The minimum atomic E-state index is -0.694. The molecule has 1 heterocycles. The third kappa shape index (κ3) is 3.89. The fraction of sp³-hybridized carbons (Fsp3) is 1.00. The number of likely N-dealkylation sites (tertiary alicyclic amines) is 1. The molecule has 0 radical (unpaired) electrons. The monoisotopic (exact) mass is 203 g/mol. The van der Waals surface area contributed by atoms with E-state index in [1.807, 2.05) is 0 Å². The average molecular weight is 203 g/mol. The summed E-state index contributed by atoms with van der Waals surface area (Å²) < 4.78 is 0. The largest absolute Gasteiger partial charge is 0.330 e. The molecule has 1 fully saturated rings. The second-order valence-electron chi connectivity index (χ2n) is 3.51. The zero-order valence-corrected chi connectivity index (χ0v) is 8.22. The second-order valence-corrected chi connectivity index (χ2v) is 3.51. The van der Waals surface area contributed by atoms with Crippen LogP contribution in [0.4, 0.5) is 0 Å². The molecule has 1 aliphatic rings. The Kier molecular flexibility index (Phi) is 4.61. The van der Waals surface area contributed by atoms with Gasteiger partial charge in [-0.1, -0.05) is 0 Å². The highest BCUT2D eigenvalue weighted by atomic mass is 17.0. The summed E-state index contributed by atoms with van der Waals surface area (Å²) in [6, 6.07) is 0. The predicted molar refractivity (Wildman–Crippen MR) is 51.2 cm³/mol. The maximum atomic E-state index is 10.1. The van der Waals surface area contributed by atoms with Crippen LogP contribution < -0.4 is 5.73 Å². The number of piperidine rings is 1. The minimum absolute atomic E-state index is 0.209. The molecule has 6 heteroatoms. The summed E-state index contributed by atoms with van der Waals surface area (Å²) in [7, 11) is 0. The molecule has 1 saturated heterocycles. The third-order valence-electron chi connectivity index (χ3n) is 2.45. The highest BCUT2D eigenvalue weighted by molar-refractivity contribution is 4.71. The van der Waals surface area contributed by atoms with Crippen molar-refractivity contribution in [1.82, 2.24) is 4.90 Å². The van der Waals surface area contributed by atoms with E-state index < -0.39 is 5.09 Å². The van der Waals surface area contributed by atoms with Gasteiger partial charge in [0.1, 0.15) is 6.10 Å². The molecule has 0 spiro atoms. The third-order valence-corrected chi connectivity index (χ3v) is 2.45. The molecule has 0 saturated carbocycles. The van der Waals surface area contributed by atoms with Crippen LogP contribution in [-0.2, 0) is 4.84 Å². The van der Waals surface area contributed by atoms with Gasteiger partial charge < -0.3 is 15.5 Å². The SMILES string of the molecule is NCCCN1CCC(O[N+](=O)[O-])CC1. The topological polar surface area (TPSA) is 81.6 Å². The van der Waals surface area contributed by atoms with Crippen LogP contribution in [-0.4, -0.2) is 42.3 Å². The van der Waals surface area contributed by atoms with Crippen molar-refractivity contribution in [2.75, 3.05) is 26.2 Å². The number of hydrogen-bond acceptors (Lipinski definition) is 5. The van der Waals surface area contributed by atoms with Crippen LogP contribution in [0.3, 0.4) is 0 Å². The zero-order chi connectivity index (χ0) is 10.4. The molecular weight excluding hydrogens is 186 g/mol. The number of nitrogens with zero attached hydrogens (tertiary/aromatic N) is 2. The maximum absolute atomic E-state index is 10.1. The molecule has 0 aromatic heterocycles. The van der Waals surface area contributed by atoms with Crippen LogP contribution in [0.15, 0.2) is 0 Å². The van der Waals surface area contributed by atoms with Crippen LogP contribution in [0.1, 0.15) is 19.3 Å². The molecule has 82 valence electrons. The minimum Gasteiger partial charge on any atom is -0.330 e. The van der Waals surface area contributed by atoms with Crippen molar-refractivity contribution in [3.8, 4) is 0 Å². The van der Waals surface area contributed by atoms with Crippen molar-refractivity contribution >= 4 is 0 Å². The molecule has 0 aliphatic carbocycles. The van der Waals surface area contributed by atoms with Crippen molar-refractivity contribution in [3.05, 3.63) is 10.1 Å². The lowest BCUT2D eigenvalue weighted by atomic mass is 10.1. The van der Waals surface area contributed by atoms with Crippen LogP contribution in [0, 0.1) is 10.1 Å². The number of hydrogen-bond donors (Lipinski definition) is 1. The van der Waals surface area contributed by atoms with Crippen molar-refractivity contribution in [2.24, 2.45) is 5.73 Å². The van der Waals surface area contributed by atoms with Gasteiger partial charge in [-0.2, -0.15) is 0 Å². The van der Waals surface area contributed by atoms with E-state index in [-0.39, 0.29) is 6.10 Å². The molecule has 0 amide bonds. The van der Waals surface area contributed by atoms with Gasteiger partial charge in [0.05, 0.1) is 0 Å². The van der Waals surface area contributed by atoms with Gasteiger partial charge in [0, 0.05) is 13.1 Å². The zero-order valence-electron chi connectivity index (χ0n) is 8.22. The fourth-order valence-electron chi connectivity index (χ4n) is 1.67. The second kappa shape index (κ2) is 5.77. The predicted octanol–water partition coefficient (Wildman–Crippen LogP) is 0.00790. The lowest BCUT2D eigenvalue weighted by Crippen LogP contribution is -2.38. The van der Waals surface area contributed by atoms with E-state index in [0.717, 1.165) is 38.9 Å². The lowest BCUT2D eigenvalue weighted by molar-refractivity contribution is -0.769. The number of nitrogens with two attached hydrogens (primary N) is 1. The molecule has 0 bridgehead atoms. The highest BCUT2D eigenvalue weighted by Crippen LogP contribution is 2.13. The van der Waals surface area contributed by atoms with Gasteiger partial charge in [-0.05, 0) is 32.4 Å². The van der Waals surface area contributed by atoms with Gasteiger partial charge in [0.15, 0.2) is 0 Å². The van der Waals surface area contributed by atoms with E-state index in [0.29, 0.717) is 6.54 Å². The summed E-state index contributed by atoms with van der Waals surface area (Å²) in [6.07, 6.45) is 2.26. The Labute approximate surface area is 83.1 Å². The van der Waals surface area contributed by atoms with E-state index in [1.165, 1.54) is 0 Å². The Morgan fingerprint density at radius 2 is 2.14 bits per heavy atom. The average Bonchev–Trinajstić information content (AvgIpc) is 2.16. The molecule has 1 aliphatic heterocycles. The Morgan fingerprint density at radius 3 is 2.64 bits per heavy atom. The van der Waals surface area contributed by atoms with Gasteiger partial charge in [0.2, 0.25) is 0 Å². The lowest BCUT2D eigenvalue weighted by Gasteiger charge is -2.30. The van der Waals surface area contributed by atoms with Gasteiger partial charge in [-0.3, -0.25) is 0 Å². The molecule has 1 rings (SSSR count). The maximum Gasteiger partial charge on any atom is 0.294 e. The van der Waals surface area contributed by atoms with Gasteiger partial charge >= 0.3 is 0 Å². The van der Waals surface area contributed by atoms with Crippen molar-refractivity contribution in [2.45, 2.75) is 25.4 Å². The van der Waals surface area contributed by atoms with E-state index in [4.69, 9.17) is 5.73 Å². The first-order valence-corrected chi connectivity index (χ1v) is 4.96. The van der Waals surface area contributed by atoms with Crippen LogP contribution in [0.25, 0.3) is 0 Å². The summed E-state index contributed by atoms with van der Waals surface area (Å²) in [6.45, 7) is 3.43. The molecule has 0 aromatic rings. The van der Waals surface area contributed by atoms with Gasteiger partial charge in [-0.25, -0.2) is 0 Å². The van der Waals surface area contributed by atoms with Gasteiger partial charge in [-0.15, -0.1) is 10.1 Å². The Bertz CT molecular complexity index is 181. The van der Waals surface area contributed by atoms with Crippen molar-refractivity contribution < 1.29 is 9.92 Å². The molecule has 0 unspecified atom stereocenters. The summed E-state index contributed by atoms with van der Waals surface area (Å²) in [5, 5.41) is 9.38. The first-order chi connectivity index (χ1) is 6.72. The van der Waals surface area contributed by atoms with E-state index in [1.54, 1.807) is 0 Å². The fourth-order valence-corrected chi connectivity index (χ4v) is 1.67.